The van der Waals surface area contributed by atoms with Gasteiger partial charge in [0.25, 0.3) is 0 Å². The summed E-state index contributed by atoms with van der Waals surface area (Å²) in [5.74, 6) is 0.258. The Morgan fingerprint density at radius 3 is 2.82 bits per heavy atom. The molecule has 2 unspecified atom stereocenters. The summed E-state index contributed by atoms with van der Waals surface area (Å²) in [6.07, 6.45) is 1.80. The van der Waals surface area contributed by atoms with Crippen molar-refractivity contribution < 1.29 is 9.52 Å². The number of hydrogen-bond donors (Lipinski definition) is 2. The molecular formula is C14H19NO2. The summed E-state index contributed by atoms with van der Waals surface area (Å²) in [4.78, 5) is 0. The lowest BCUT2D eigenvalue weighted by molar-refractivity contribution is 0.207. The van der Waals surface area contributed by atoms with Crippen molar-refractivity contribution in [1.82, 2.24) is 5.32 Å². The highest BCUT2D eigenvalue weighted by Gasteiger charge is 2.11. The molecule has 2 atom stereocenters. The van der Waals surface area contributed by atoms with Crippen LogP contribution in [-0.2, 0) is 6.54 Å². The van der Waals surface area contributed by atoms with Crippen LogP contribution in [0.3, 0.4) is 0 Å². The summed E-state index contributed by atoms with van der Waals surface area (Å²) in [5.41, 5.74) is 2.09. The van der Waals surface area contributed by atoms with Crippen molar-refractivity contribution in [3.05, 3.63) is 36.1 Å². The lowest BCUT2D eigenvalue weighted by Crippen LogP contribution is -2.33. The second-order valence-corrected chi connectivity index (χ2v) is 4.59. The molecule has 2 rings (SSSR count). The summed E-state index contributed by atoms with van der Waals surface area (Å²) < 4.78 is 5.48. The molecular weight excluding hydrogens is 214 g/mol. The van der Waals surface area contributed by atoms with Gasteiger partial charge in [0.15, 0.2) is 0 Å². The Labute approximate surface area is 101 Å². The van der Waals surface area contributed by atoms with Gasteiger partial charge in [0.2, 0.25) is 0 Å². The monoisotopic (exact) mass is 233 g/mol. The number of nitrogens with one attached hydrogen (secondary N) is 1. The number of rotatable bonds is 5. The largest absolute Gasteiger partial charge is 0.464 e. The van der Waals surface area contributed by atoms with Crippen LogP contribution in [0, 0.1) is 5.92 Å². The molecule has 0 amide bonds. The van der Waals surface area contributed by atoms with Gasteiger partial charge < -0.3 is 14.8 Å². The second-order valence-electron chi connectivity index (χ2n) is 4.59. The highest BCUT2D eigenvalue weighted by atomic mass is 16.3. The summed E-state index contributed by atoms with van der Waals surface area (Å²) >= 11 is 0. The molecule has 0 aliphatic heterocycles. The van der Waals surface area contributed by atoms with Gasteiger partial charge in [0.05, 0.1) is 6.26 Å². The predicted octanol–water partition coefficient (Wildman–Crippen LogP) is 2.54. The Morgan fingerprint density at radius 1 is 1.29 bits per heavy atom. The number of benzene rings is 1. The maximum absolute atomic E-state index is 9.08. The van der Waals surface area contributed by atoms with Crippen LogP contribution in [0.2, 0.25) is 0 Å². The molecule has 0 saturated carbocycles. The zero-order valence-corrected chi connectivity index (χ0v) is 10.3. The average Bonchev–Trinajstić information content (AvgIpc) is 2.78. The van der Waals surface area contributed by atoms with Crippen LogP contribution in [0.5, 0.6) is 0 Å². The zero-order valence-electron chi connectivity index (χ0n) is 10.3. The first-order chi connectivity index (χ1) is 8.22. The third-order valence-corrected chi connectivity index (χ3v) is 3.32. The lowest BCUT2D eigenvalue weighted by atomic mass is 10.0. The van der Waals surface area contributed by atoms with Crippen LogP contribution in [0.1, 0.15) is 19.4 Å². The molecule has 0 saturated heterocycles. The third-order valence-electron chi connectivity index (χ3n) is 3.32. The van der Waals surface area contributed by atoms with Crippen molar-refractivity contribution >= 4 is 11.0 Å². The maximum atomic E-state index is 9.08. The van der Waals surface area contributed by atoms with E-state index in [0.29, 0.717) is 0 Å². The van der Waals surface area contributed by atoms with E-state index in [1.54, 1.807) is 6.26 Å². The lowest BCUT2D eigenvalue weighted by Gasteiger charge is -2.18. The van der Waals surface area contributed by atoms with Gasteiger partial charge in [-0.3, -0.25) is 0 Å². The minimum atomic E-state index is 0.209. The van der Waals surface area contributed by atoms with Crippen LogP contribution in [0.4, 0.5) is 0 Å². The Balaban J connectivity index is 2.04. The fraction of sp³-hybridized carbons (Fsp3) is 0.429. The van der Waals surface area contributed by atoms with Crippen LogP contribution < -0.4 is 5.32 Å². The molecule has 2 N–H and O–H groups in total. The van der Waals surface area contributed by atoms with Crippen molar-refractivity contribution in [3.8, 4) is 0 Å². The molecule has 1 heterocycles. The maximum Gasteiger partial charge on any atom is 0.134 e. The van der Waals surface area contributed by atoms with Crippen molar-refractivity contribution in [2.45, 2.75) is 26.4 Å². The van der Waals surface area contributed by atoms with Crippen LogP contribution >= 0.6 is 0 Å². The van der Waals surface area contributed by atoms with E-state index in [1.165, 1.54) is 0 Å². The van der Waals surface area contributed by atoms with E-state index >= 15 is 0 Å². The molecule has 3 heteroatoms. The molecule has 0 fully saturated rings. The molecule has 1 aromatic carbocycles. The summed E-state index contributed by atoms with van der Waals surface area (Å²) in [6, 6.07) is 8.31. The number of aliphatic hydroxyl groups is 1. The first-order valence-electron chi connectivity index (χ1n) is 6.01. The Hall–Kier alpha value is -1.32. The van der Waals surface area contributed by atoms with E-state index in [1.807, 2.05) is 25.1 Å². The number of fused-ring (bicyclic) bond motifs is 1. The number of aliphatic hydroxyl groups excluding tert-OH is 1. The van der Waals surface area contributed by atoms with E-state index in [4.69, 9.17) is 9.52 Å². The standard InChI is InChI=1S/C14H19NO2/c1-10(8-16)11(2)15-7-12-9-17-14-6-4-3-5-13(12)14/h3-6,9-11,15-16H,7-8H2,1-2H3. The van der Waals surface area contributed by atoms with Gasteiger partial charge in [-0.1, -0.05) is 25.1 Å². The van der Waals surface area contributed by atoms with Crippen molar-refractivity contribution in [1.29, 1.82) is 0 Å². The van der Waals surface area contributed by atoms with Crippen LogP contribution in [0.15, 0.2) is 34.9 Å². The number of hydrogen-bond acceptors (Lipinski definition) is 3. The van der Waals surface area contributed by atoms with Gasteiger partial charge in [-0.15, -0.1) is 0 Å². The normalized spacial score (nSPS) is 15.0. The van der Waals surface area contributed by atoms with Gasteiger partial charge in [-0.05, 0) is 18.9 Å². The number of furan rings is 1. The molecule has 0 radical (unpaired) electrons. The van der Waals surface area contributed by atoms with Crippen LogP contribution in [-0.4, -0.2) is 17.8 Å². The highest BCUT2D eigenvalue weighted by Crippen LogP contribution is 2.20. The van der Waals surface area contributed by atoms with E-state index in [9.17, 15) is 0 Å². The van der Waals surface area contributed by atoms with Gasteiger partial charge >= 0.3 is 0 Å². The fourth-order valence-electron chi connectivity index (χ4n) is 1.80. The number of para-hydroxylation sites is 1. The van der Waals surface area contributed by atoms with Crippen molar-refractivity contribution in [2.24, 2.45) is 5.92 Å². The molecule has 0 aliphatic carbocycles. The summed E-state index contributed by atoms with van der Waals surface area (Å²) in [7, 11) is 0. The zero-order chi connectivity index (χ0) is 12.3. The summed E-state index contributed by atoms with van der Waals surface area (Å²) in [5, 5.41) is 13.6. The molecule has 17 heavy (non-hydrogen) atoms. The predicted molar refractivity (Wildman–Crippen MR) is 68.8 cm³/mol. The smallest absolute Gasteiger partial charge is 0.134 e. The van der Waals surface area contributed by atoms with Crippen molar-refractivity contribution in [2.75, 3.05) is 6.61 Å². The second kappa shape index (κ2) is 5.34. The van der Waals surface area contributed by atoms with Crippen LogP contribution in [0.25, 0.3) is 11.0 Å². The summed E-state index contributed by atoms with van der Waals surface area (Å²) in [6.45, 7) is 5.09. The van der Waals surface area contributed by atoms with Gasteiger partial charge in [-0.2, -0.15) is 0 Å². The highest BCUT2D eigenvalue weighted by molar-refractivity contribution is 5.80. The molecule has 0 spiro atoms. The quantitative estimate of drug-likeness (QED) is 0.834. The first kappa shape index (κ1) is 12.1. The first-order valence-corrected chi connectivity index (χ1v) is 6.01. The van der Waals surface area contributed by atoms with E-state index in [2.05, 4.69) is 18.3 Å². The SMILES string of the molecule is CC(CO)C(C)NCc1coc2ccccc12. The molecule has 0 aliphatic rings. The minimum Gasteiger partial charge on any atom is -0.464 e. The van der Waals surface area contributed by atoms with Gasteiger partial charge in [0, 0.05) is 30.1 Å². The Bertz CT molecular complexity index is 478. The van der Waals surface area contributed by atoms with Gasteiger partial charge in [0.1, 0.15) is 5.58 Å². The topological polar surface area (TPSA) is 45.4 Å². The Morgan fingerprint density at radius 2 is 2.06 bits per heavy atom. The van der Waals surface area contributed by atoms with E-state index in [0.717, 1.165) is 23.1 Å². The van der Waals surface area contributed by atoms with E-state index in [-0.39, 0.29) is 18.6 Å². The minimum absolute atomic E-state index is 0.209. The molecule has 0 bridgehead atoms. The molecule has 2 aromatic rings. The van der Waals surface area contributed by atoms with Gasteiger partial charge in [-0.25, -0.2) is 0 Å². The van der Waals surface area contributed by atoms with Crippen molar-refractivity contribution in [3.63, 3.8) is 0 Å². The Kier molecular flexibility index (Phi) is 3.82. The molecule has 3 nitrogen and oxygen atoms in total. The fourth-order valence-corrected chi connectivity index (χ4v) is 1.80. The molecule has 92 valence electrons. The molecule has 1 aromatic heterocycles. The average molecular weight is 233 g/mol. The van der Waals surface area contributed by atoms with E-state index < -0.39 is 0 Å². The third kappa shape index (κ3) is 2.68.